The van der Waals surface area contributed by atoms with Crippen LogP contribution in [0.1, 0.15) is 34.6 Å². The summed E-state index contributed by atoms with van der Waals surface area (Å²) in [4.78, 5) is 11.3. The van der Waals surface area contributed by atoms with Crippen LogP contribution in [0.3, 0.4) is 0 Å². The molecular weight excluding hydrogens is 220 g/mol. The summed E-state index contributed by atoms with van der Waals surface area (Å²) in [5.41, 5.74) is -0.648. The van der Waals surface area contributed by atoms with E-state index in [1.807, 2.05) is 0 Å². The van der Waals surface area contributed by atoms with Gasteiger partial charge in [0.2, 0.25) is 0 Å². The Labute approximate surface area is 90.9 Å². The Balaban J connectivity index is 4.36. The number of hydrogen-bond donors (Lipinski definition) is 0. The first kappa shape index (κ1) is 14.4. The van der Waals surface area contributed by atoms with Crippen molar-refractivity contribution in [2.75, 3.05) is 5.75 Å². The largest absolute Gasteiger partial charge is 0.458 e. The van der Waals surface area contributed by atoms with Crippen LogP contribution in [0.25, 0.3) is 0 Å². The normalized spacial score (nSPS) is 14.7. The fraction of sp³-hybridized carbons (Fsp3) is 0.889. The molecule has 0 aliphatic carbocycles. The second kappa shape index (κ2) is 4.94. The maximum atomic E-state index is 11.3. The van der Waals surface area contributed by atoms with Crippen LogP contribution in [0.15, 0.2) is 0 Å². The lowest BCUT2D eigenvalue weighted by molar-refractivity contribution is -0.162. The lowest BCUT2D eigenvalue weighted by Crippen LogP contribution is -2.33. The number of esters is 1. The van der Waals surface area contributed by atoms with Crippen LogP contribution in [-0.4, -0.2) is 31.8 Å². The number of carbonyl (C=O) groups excluding carboxylic acids is 1. The SMILES string of the molecule is CCS(=O)(=O)OC(C)C(=O)OC(C)(C)C. The first-order valence-electron chi connectivity index (χ1n) is 4.71. The van der Waals surface area contributed by atoms with E-state index in [0.717, 1.165) is 0 Å². The van der Waals surface area contributed by atoms with Gasteiger partial charge in [-0.1, -0.05) is 0 Å². The van der Waals surface area contributed by atoms with Gasteiger partial charge < -0.3 is 4.74 Å². The van der Waals surface area contributed by atoms with Crippen LogP contribution in [-0.2, 0) is 23.8 Å². The molecule has 0 aromatic carbocycles. The van der Waals surface area contributed by atoms with Crippen molar-refractivity contribution < 1.29 is 22.1 Å². The van der Waals surface area contributed by atoms with Crippen LogP contribution < -0.4 is 0 Å². The number of ether oxygens (including phenoxy) is 1. The molecule has 0 radical (unpaired) electrons. The van der Waals surface area contributed by atoms with E-state index in [9.17, 15) is 13.2 Å². The minimum Gasteiger partial charge on any atom is -0.458 e. The zero-order chi connectivity index (χ0) is 12.3. The van der Waals surface area contributed by atoms with Crippen LogP contribution in [0.5, 0.6) is 0 Å². The molecule has 1 unspecified atom stereocenters. The fourth-order valence-electron chi connectivity index (χ4n) is 0.712. The first-order chi connectivity index (χ1) is 6.57. The van der Waals surface area contributed by atoms with E-state index in [1.165, 1.54) is 13.8 Å². The maximum Gasteiger partial charge on any atom is 0.337 e. The van der Waals surface area contributed by atoms with Crippen molar-refractivity contribution in [1.82, 2.24) is 0 Å². The molecule has 0 aliphatic heterocycles. The van der Waals surface area contributed by atoms with E-state index in [-0.39, 0.29) is 5.75 Å². The van der Waals surface area contributed by atoms with Crippen LogP contribution >= 0.6 is 0 Å². The summed E-state index contributed by atoms with van der Waals surface area (Å²) in [6.45, 7) is 7.89. The third-order valence-corrected chi connectivity index (χ3v) is 2.67. The summed E-state index contributed by atoms with van der Waals surface area (Å²) in [7, 11) is -3.62. The monoisotopic (exact) mass is 238 g/mol. The zero-order valence-corrected chi connectivity index (χ0v) is 10.6. The number of rotatable bonds is 4. The van der Waals surface area contributed by atoms with Gasteiger partial charge in [0.1, 0.15) is 5.60 Å². The van der Waals surface area contributed by atoms with Gasteiger partial charge in [0.15, 0.2) is 6.10 Å². The minimum atomic E-state index is -3.62. The molecule has 0 saturated heterocycles. The Hall–Kier alpha value is -0.620. The molecule has 0 bridgehead atoms. The highest BCUT2D eigenvalue weighted by Crippen LogP contribution is 2.11. The topological polar surface area (TPSA) is 69.7 Å². The summed E-state index contributed by atoms with van der Waals surface area (Å²) in [5.74, 6) is -0.848. The van der Waals surface area contributed by atoms with Gasteiger partial charge in [-0.25, -0.2) is 4.79 Å². The molecule has 0 aromatic heterocycles. The van der Waals surface area contributed by atoms with Crippen LogP contribution in [0.2, 0.25) is 0 Å². The highest BCUT2D eigenvalue weighted by Gasteiger charge is 2.25. The highest BCUT2D eigenvalue weighted by atomic mass is 32.2. The van der Waals surface area contributed by atoms with Gasteiger partial charge in [-0.2, -0.15) is 8.42 Å². The summed E-state index contributed by atoms with van der Waals surface area (Å²) in [6.07, 6.45) is -1.10. The van der Waals surface area contributed by atoms with Gasteiger partial charge in [0, 0.05) is 0 Å². The second-order valence-electron chi connectivity index (χ2n) is 4.12. The molecule has 0 amide bonds. The standard InChI is InChI=1S/C9H18O5S/c1-6-15(11,12)14-7(2)8(10)13-9(3,4)5/h7H,6H2,1-5H3. The van der Waals surface area contributed by atoms with E-state index >= 15 is 0 Å². The van der Waals surface area contributed by atoms with Crippen molar-refractivity contribution in [3.63, 3.8) is 0 Å². The molecule has 90 valence electrons. The zero-order valence-electron chi connectivity index (χ0n) is 9.73. The molecule has 1 atom stereocenters. The average Bonchev–Trinajstić information content (AvgIpc) is 2.00. The third kappa shape index (κ3) is 6.46. The number of hydrogen-bond acceptors (Lipinski definition) is 5. The Morgan fingerprint density at radius 3 is 2.13 bits per heavy atom. The Bertz CT molecular complexity index is 312. The predicted octanol–water partition coefficient (Wildman–Crippen LogP) is 1.08. The third-order valence-electron chi connectivity index (χ3n) is 1.38. The fourth-order valence-corrected chi connectivity index (χ4v) is 1.37. The quantitative estimate of drug-likeness (QED) is 0.541. The minimum absolute atomic E-state index is 0.167. The maximum absolute atomic E-state index is 11.3. The Kier molecular flexibility index (Phi) is 4.73. The summed E-state index contributed by atoms with van der Waals surface area (Å²) in [6, 6.07) is 0. The van der Waals surface area contributed by atoms with Gasteiger partial charge in [0.05, 0.1) is 5.75 Å². The highest BCUT2D eigenvalue weighted by molar-refractivity contribution is 7.86. The van der Waals surface area contributed by atoms with E-state index in [4.69, 9.17) is 4.74 Å². The van der Waals surface area contributed by atoms with Crippen molar-refractivity contribution in [2.24, 2.45) is 0 Å². The number of carbonyl (C=O) groups is 1. The summed E-state index contributed by atoms with van der Waals surface area (Å²) in [5, 5.41) is 0. The van der Waals surface area contributed by atoms with Crippen molar-refractivity contribution >= 4 is 16.1 Å². The van der Waals surface area contributed by atoms with Gasteiger partial charge in [-0.3, -0.25) is 4.18 Å². The molecule has 6 heteroatoms. The molecule has 0 N–H and O–H groups in total. The van der Waals surface area contributed by atoms with Gasteiger partial charge in [-0.15, -0.1) is 0 Å². The first-order valence-corrected chi connectivity index (χ1v) is 6.29. The van der Waals surface area contributed by atoms with Gasteiger partial charge in [-0.05, 0) is 34.6 Å². The Morgan fingerprint density at radius 1 is 1.33 bits per heavy atom. The molecule has 15 heavy (non-hydrogen) atoms. The van der Waals surface area contributed by atoms with Crippen LogP contribution in [0.4, 0.5) is 0 Å². The van der Waals surface area contributed by atoms with Gasteiger partial charge in [0.25, 0.3) is 10.1 Å². The van der Waals surface area contributed by atoms with Crippen molar-refractivity contribution in [2.45, 2.75) is 46.3 Å². The molecule has 0 fully saturated rings. The lowest BCUT2D eigenvalue weighted by atomic mass is 10.2. The molecule has 0 aliphatic rings. The molecule has 0 spiro atoms. The van der Waals surface area contributed by atoms with Gasteiger partial charge >= 0.3 is 5.97 Å². The van der Waals surface area contributed by atoms with Crippen molar-refractivity contribution in [3.8, 4) is 0 Å². The average molecular weight is 238 g/mol. The molecule has 0 saturated carbocycles. The van der Waals surface area contributed by atoms with Crippen LogP contribution in [0, 0.1) is 0 Å². The lowest BCUT2D eigenvalue weighted by Gasteiger charge is -2.21. The van der Waals surface area contributed by atoms with E-state index < -0.39 is 27.8 Å². The van der Waals surface area contributed by atoms with Crippen molar-refractivity contribution in [1.29, 1.82) is 0 Å². The molecular formula is C9H18O5S. The summed E-state index contributed by atoms with van der Waals surface area (Å²) >= 11 is 0. The molecule has 0 aromatic rings. The molecule has 0 heterocycles. The van der Waals surface area contributed by atoms with Crippen molar-refractivity contribution in [3.05, 3.63) is 0 Å². The van der Waals surface area contributed by atoms with E-state index in [2.05, 4.69) is 4.18 Å². The smallest absolute Gasteiger partial charge is 0.337 e. The summed E-state index contributed by atoms with van der Waals surface area (Å²) < 4.78 is 31.7. The van der Waals surface area contributed by atoms with E-state index in [1.54, 1.807) is 20.8 Å². The Morgan fingerprint density at radius 2 is 1.80 bits per heavy atom. The van der Waals surface area contributed by atoms with E-state index in [0.29, 0.717) is 0 Å². The second-order valence-corrected chi connectivity index (χ2v) is 6.00. The molecule has 5 nitrogen and oxygen atoms in total. The molecule has 0 rings (SSSR count). The predicted molar refractivity (Wildman–Crippen MR) is 55.9 cm³/mol.